The van der Waals surface area contributed by atoms with Gasteiger partial charge in [-0.15, -0.1) is 0 Å². The van der Waals surface area contributed by atoms with Crippen LogP contribution in [0.3, 0.4) is 0 Å². The van der Waals surface area contributed by atoms with E-state index in [0.29, 0.717) is 22.9 Å². The summed E-state index contributed by atoms with van der Waals surface area (Å²) in [5.74, 6) is 1.13. The van der Waals surface area contributed by atoms with Crippen LogP contribution in [-0.4, -0.2) is 28.2 Å². The Labute approximate surface area is 107 Å². The molecule has 0 aliphatic rings. The predicted molar refractivity (Wildman–Crippen MR) is 72.3 cm³/mol. The summed E-state index contributed by atoms with van der Waals surface area (Å²) >= 11 is 5.18. The summed E-state index contributed by atoms with van der Waals surface area (Å²) in [6.45, 7) is 4.24. The smallest absolute Gasteiger partial charge is 0.218 e. The average Bonchev–Trinajstić information content (AvgIpc) is 2.29. The lowest BCUT2D eigenvalue weighted by atomic mass is 10.2. The van der Waals surface area contributed by atoms with Gasteiger partial charge >= 0.3 is 0 Å². The maximum absolute atomic E-state index is 5.18. The van der Waals surface area contributed by atoms with E-state index >= 15 is 0 Å². The summed E-state index contributed by atoms with van der Waals surface area (Å²) in [6.07, 6.45) is 3.63. The Morgan fingerprint density at radius 2 is 2.29 bits per heavy atom. The van der Waals surface area contributed by atoms with Crippen LogP contribution in [0.25, 0.3) is 0 Å². The molecular weight excluding hydrogens is 236 g/mol. The Hall–Kier alpha value is -1.43. The molecule has 1 unspecified atom stereocenters. The molecule has 5 nitrogen and oxygen atoms in total. The lowest BCUT2D eigenvalue weighted by Crippen LogP contribution is -2.35. The summed E-state index contributed by atoms with van der Waals surface area (Å²) in [5, 5.41) is 6.74. The maximum Gasteiger partial charge on any atom is 0.218 e. The van der Waals surface area contributed by atoms with Gasteiger partial charge in [-0.3, -0.25) is 0 Å². The molecule has 6 heteroatoms. The summed E-state index contributed by atoms with van der Waals surface area (Å²) < 4.78 is 5.00. The molecule has 2 N–H and O–H groups in total. The van der Waals surface area contributed by atoms with E-state index in [9.17, 15) is 0 Å². The van der Waals surface area contributed by atoms with Crippen LogP contribution in [0.5, 0.6) is 5.88 Å². The largest absolute Gasteiger partial charge is 0.481 e. The first kappa shape index (κ1) is 13.6. The van der Waals surface area contributed by atoms with Crippen LogP contribution >= 0.6 is 12.2 Å². The van der Waals surface area contributed by atoms with Gasteiger partial charge in [0, 0.05) is 12.1 Å². The molecule has 17 heavy (non-hydrogen) atoms. The van der Waals surface area contributed by atoms with Gasteiger partial charge < -0.3 is 15.4 Å². The van der Waals surface area contributed by atoms with Crippen molar-refractivity contribution in [3.8, 4) is 5.88 Å². The normalized spacial score (nSPS) is 11.7. The third-order valence-electron chi connectivity index (χ3n) is 2.19. The van der Waals surface area contributed by atoms with E-state index in [1.165, 1.54) is 6.33 Å². The monoisotopic (exact) mass is 254 g/mol. The van der Waals surface area contributed by atoms with Gasteiger partial charge in [-0.1, -0.05) is 13.3 Å². The molecule has 0 aliphatic carbocycles. The second kappa shape index (κ2) is 7.01. The number of methoxy groups -OCH3 is 1. The number of hydrogen-bond donors (Lipinski definition) is 2. The number of nitrogens with zero attached hydrogens (tertiary/aromatic N) is 2. The minimum absolute atomic E-state index is 0.351. The molecule has 0 bridgehead atoms. The van der Waals surface area contributed by atoms with E-state index < -0.39 is 0 Å². The molecule has 0 saturated heterocycles. The zero-order valence-electron chi connectivity index (χ0n) is 10.4. The Balaban J connectivity index is 2.49. The van der Waals surface area contributed by atoms with Crippen molar-refractivity contribution in [1.82, 2.24) is 15.3 Å². The Morgan fingerprint density at radius 3 is 2.94 bits per heavy atom. The first-order chi connectivity index (χ1) is 8.15. The number of anilines is 1. The Bertz CT molecular complexity index is 372. The van der Waals surface area contributed by atoms with Crippen LogP contribution in [0.1, 0.15) is 26.7 Å². The van der Waals surface area contributed by atoms with E-state index in [4.69, 9.17) is 17.0 Å². The SMILES string of the molecule is CCCC(C)NC(=S)Nc1cc(OC)ncn1. The number of nitrogens with one attached hydrogen (secondary N) is 2. The van der Waals surface area contributed by atoms with Crippen LogP contribution in [0.15, 0.2) is 12.4 Å². The van der Waals surface area contributed by atoms with Gasteiger partial charge in [0.2, 0.25) is 5.88 Å². The Morgan fingerprint density at radius 1 is 1.53 bits per heavy atom. The summed E-state index contributed by atoms with van der Waals surface area (Å²) in [4.78, 5) is 7.97. The molecule has 0 fully saturated rings. The zero-order valence-corrected chi connectivity index (χ0v) is 11.2. The number of hydrogen-bond acceptors (Lipinski definition) is 4. The summed E-state index contributed by atoms with van der Waals surface area (Å²) in [5.41, 5.74) is 0. The zero-order chi connectivity index (χ0) is 12.7. The first-order valence-electron chi connectivity index (χ1n) is 5.59. The fraction of sp³-hybridized carbons (Fsp3) is 0.545. The van der Waals surface area contributed by atoms with Crippen molar-refractivity contribution in [2.45, 2.75) is 32.7 Å². The highest BCUT2D eigenvalue weighted by atomic mass is 32.1. The van der Waals surface area contributed by atoms with Gasteiger partial charge in [0.1, 0.15) is 12.1 Å². The van der Waals surface area contributed by atoms with E-state index in [-0.39, 0.29) is 0 Å². The van der Waals surface area contributed by atoms with Crippen molar-refractivity contribution in [3.63, 3.8) is 0 Å². The summed E-state index contributed by atoms with van der Waals surface area (Å²) in [7, 11) is 1.56. The molecule has 0 aromatic carbocycles. The number of aromatic nitrogens is 2. The van der Waals surface area contributed by atoms with E-state index in [1.54, 1.807) is 13.2 Å². The van der Waals surface area contributed by atoms with Crippen LogP contribution < -0.4 is 15.4 Å². The molecule has 0 saturated carbocycles. The fourth-order valence-corrected chi connectivity index (χ4v) is 1.71. The van der Waals surface area contributed by atoms with Gasteiger partial charge in [0.05, 0.1) is 7.11 Å². The third-order valence-corrected chi connectivity index (χ3v) is 2.41. The molecule has 1 aromatic rings. The summed E-state index contributed by atoms with van der Waals surface area (Å²) in [6, 6.07) is 2.04. The van der Waals surface area contributed by atoms with Crippen LogP contribution in [0.2, 0.25) is 0 Å². The minimum Gasteiger partial charge on any atom is -0.481 e. The van der Waals surface area contributed by atoms with Crippen molar-refractivity contribution < 1.29 is 4.74 Å². The highest BCUT2D eigenvalue weighted by Gasteiger charge is 2.04. The number of ether oxygens (including phenoxy) is 1. The van der Waals surface area contributed by atoms with Crippen LogP contribution in [-0.2, 0) is 0 Å². The molecule has 0 aliphatic heterocycles. The predicted octanol–water partition coefficient (Wildman–Crippen LogP) is 1.96. The quantitative estimate of drug-likeness (QED) is 0.783. The van der Waals surface area contributed by atoms with Crippen molar-refractivity contribution in [3.05, 3.63) is 12.4 Å². The Kier molecular flexibility index (Phi) is 5.62. The van der Waals surface area contributed by atoms with Gasteiger partial charge in [-0.25, -0.2) is 9.97 Å². The standard InChI is InChI=1S/C11H18N4OS/c1-4-5-8(2)14-11(17)15-9-6-10(16-3)13-7-12-9/h6-8H,4-5H2,1-3H3,(H2,12,13,14,15,17). The lowest BCUT2D eigenvalue weighted by molar-refractivity contribution is 0.397. The minimum atomic E-state index is 0.351. The van der Waals surface area contributed by atoms with Crippen molar-refractivity contribution >= 4 is 23.1 Å². The van der Waals surface area contributed by atoms with Crippen molar-refractivity contribution in [1.29, 1.82) is 0 Å². The van der Waals surface area contributed by atoms with Crippen LogP contribution in [0.4, 0.5) is 5.82 Å². The van der Waals surface area contributed by atoms with E-state index in [0.717, 1.165) is 12.8 Å². The number of thiocarbonyl (C=S) groups is 1. The topological polar surface area (TPSA) is 59.1 Å². The van der Waals surface area contributed by atoms with Gasteiger partial charge in [0.15, 0.2) is 5.11 Å². The van der Waals surface area contributed by atoms with Crippen molar-refractivity contribution in [2.24, 2.45) is 0 Å². The second-order valence-electron chi connectivity index (χ2n) is 3.73. The number of rotatable bonds is 5. The first-order valence-corrected chi connectivity index (χ1v) is 6.00. The van der Waals surface area contributed by atoms with E-state index in [1.807, 2.05) is 0 Å². The van der Waals surface area contributed by atoms with Crippen molar-refractivity contribution in [2.75, 3.05) is 12.4 Å². The molecule has 1 heterocycles. The molecule has 1 aromatic heterocycles. The molecule has 0 radical (unpaired) electrons. The molecule has 1 atom stereocenters. The average molecular weight is 254 g/mol. The third kappa shape index (κ3) is 4.95. The maximum atomic E-state index is 5.18. The van der Waals surface area contributed by atoms with Gasteiger partial charge in [-0.05, 0) is 25.6 Å². The highest BCUT2D eigenvalue weighted by molar-refractivity contribution is 7.80. The molecule has 94 valence electrons. The molecule has 1 rings (SSSR count). The second-order valence-corrected chi connectivity index (χ2v) is 4.14. The highest BCUT2D eigenvalue weighted by Crippen LogP contribution is 2.09. The van der Waals surface area contributed by atoms with Crippen LogP contribution in [0, 0.1) is 0 Å². The molecule has 0 amide bonds. The lowest BCUT2D eigenvalue weighted by Gasteiger charge is -2.15. The van der Waals surface area contributed by atoms with Gasteiger partial charge in [-0.2, -0.15) is 0 Å². The molecule has 0 spiro atoms. The van der Waals surface area contributed by atoms with E-state index in [2.05, 4.69) is 34.4 Å². The van der Waals surface area contributed by atoms with Gasteiger partial charge in [0.25, 0.3) is 0 Å². The molecular formula is C11H18N4OS. The fourth-order valence-electron chi connectivity index (χ4n) is 1.40.